The molecule has 6 nitrogen and oxygen atoms in total. The van der Waals surface area contributed by atoms with Crippen LogP contribution in [-0.2, 0) is 14.3 Å². The molecule has 0 fully saturated rings. The molecule has 518 valence electrons. The van der Waals surface area contributed by atoms with Crippen LogP contribution in [0.15, 0.2) is 48.6 Å². The molecule has 0 heterocycles. The highest BCUT2D eigenvalue weighted by atomic mass is 16.5. The zero-order chi connectivity index (χ0) is 63.5. The molecule has 0 saturated carbocycles. The van der Waals surface area contributed by atoms with Gasteiger partial charge in [-0.1, -0.05) is 390 Å². The maximum absolute atomic E-state index is 12.6. The quantitative estimate of drug-likeness (QED) is 0.0320. The molecule has 0 radical (unpaired) electrons. The average Bonchev–Trinajstić information content (AvgIpc) is 3.54. The second-order valence-electron chi connectivity index (χ2n) is 27.4. The van der Waals surface area contributed by atoms with Gasteiger partial charge in [0.2, 0.25) is 5.91 Å². The predicted molar refractivity (Wildman–Crippen MR) is 389 cm³/mol. The summed E-state index contributed by atoms with van der Waals surface area (Å²) in [5.41, 5.74) is 0. The van der Waals surface area contributed by atoms with Crippen LogP contribution in [0.3, 0.4) is 0 Å². The number of carbonyl (C=O) groups excluding carboxylic acids is 2. The molecule has 0 aromatic carbocycles. The van der Waals surface area contributed by atoms with E-state index < -0.39 is 12.1 Å². The number of nitrogens with one attached hydrogen (secondary N) is 1. The first-order valence-electron chi connectivity index (χ1n) is 39.9. The summed E-state index contributed by atoms with van der Waals surface area (Å²) in [6.07, 6.45) is 102. The summed E-state index contributed by atoms with van der Waals surface area (Å²) in [6, 6.07) is -0.628. The second-order valence-corrected chi connectivity index (χ2v) is 27.4. The number of carbonyl (C=O) groups is 2. The van der Waals surface area contributed by atoms with Crippen molar-refractivity contribution in [3.05, 3.63) is 48.6 Å². The number of aliphatic hydroxyl groups is 2. The van der Waals surface area contributed by atoms with E-state index in [2.05, 4.69) is 55.6 Å². The standard InChI is InChI=1S/C82H155NO5/c1-3-5-7-9-11-13-15-17-18-19-20-21-22-32-35-38-41-44-47-51-54-58-62-66-70-74-80(85)79(78-84)83-81(86)75-71-67-63-59-55-52-48-45-42-39-36-33-30-28-26-24-23-25-27-29-31-34-37-40-43-46-49-53-57-61-65-69-73-77-88-82(87)76-72-68-64-60-56-50-16-14-12-10-8-6-4-2/h8,10,14,16,27,29,70,74,79-80,84-85H,3-7,9,11-13,15,17-26,28,30-69,71-73,75-78H2,1-2H3,(H,83,86)/b10-8-,16-14-,29-27-,74-70+. The number of unbranched alkanes of at least 4 members (excludes halogenated alkanes) is 58. The number of aliphatic hydroxyl groups excluding tert-OH is 2. The smallest absolute Gasteiger partial charge is 0.305 e. The number of esters is 1. The van der Waals surface area contributed by atoms with Gasteiger partial charge >= 0.3 is 5.97 Å². The lowest BCUT2D eigenvalue weighted by Crippen LogP contribution is -2.45. The van der Waals surface area contributed by atoms with Gasteiger partial charge in [0.1, 0.15) is 0 Å². The Bertz CT molecular complexity index is 1470. The molecule has 88 heavy (non-hydrogen) atoms. The second kappa shape index (κ2) is 77.3. The number of hydrogen-bond acceptors (Lipinski definition) is 5. The molecule has 0 bridgehead atoms. The van der Waals surface area contributed by atoms with Crippen LogP contribution in [0.1, 0.15) is 438 Å². The van der Waals surface area contributed by atoms with Crippen molar-refractivity contribution in [2.24, 2.45) is 0 Å². The van der Waals surface area contributed by atoms with E-state index >= 15 is 0 Å². The van der Waals surface area contributed by atoms with Gasteiger partial charge in [0, 0.05) is 12.8 Å². The summed E-state index contributed by atoms with van der Waals surface area (Å²) >= 11 is 0. The van der Waals surface area contributed by atoms with E-state index in [0.29, 0.717) is 19.4 Å². The normalized spacial score (nSPS) is 12.7. The van der Waals surface area contributed by atoms with Crippen molar-refractivity contribution < 1.29 is 24.5 Å². The van der Waals surface area contributed by atoms with E-state index in [0.717, 1.165) is 51.4 Å². The molecule has 0 aromatic rings. The van der Waals surface area contributed by atoms with Gasteiger partial charge in [-0.05, 0) is 83.5 Å². The van der Waals surface area contributed by atoms with E-state index in [1.807, 2.05) is 6.08 Å². The molecule has 3 N–H and O–H groups in total. The summed E-state index contributed by atoms with van der Waals surface area (Å²) in [7, 11) is 0. The molecule has 2 unspecified atom stereocenters. The van der Waals surface area contributed by atoms with Gasteiger partial charge in [0.25, 0.3) is 0 Å². The maximum atomic E-state index is 12.6. The fourth-order valence-electron chi connectivity index (χ4n) is 12.5. The molecule has 0 saturated heterocycles. The van der Waals surface area contributed by atoms with Crippen LogP contribution in [0.2, 0.25) is 0 Å². The monoisotopic (exact) mass is 1230 g/mol. The topological polar surface area (TPSA) is 95.9 Å². The molecular formula is C82H155NO5. The fraction of sp³-hybridized carbons (Fsp3) is 0.878. The zero-order valence-electron chi connectivity index (χ0n) is 59.5. The number of rotatable bonds is 75. The van der Waals surface area contributed by atoms with Crippen LogP contribution in [0.5, 0.6) is 0 Å². The zero-order valence-corrected chi connectivity index (χ0v) is 59.5. The molecule has 0 aromatic heterocycles. The molecule has 0 aliphatic carbocycles. The van der Waals surface area contributed by atoms with E-state index in [1.54, 1.807) is 6.08 Å². The van der Waals surface area contributed by atoms with Crippen molar-refractivity contribution in [2.75, 3.05) is 13.2 Å². The fourth-order valence-corrected chi connectivity index (χ4v) is 12.5. The van der Waals surface area contributed by atoms with Crippen molar-refractivity contribution in [3.8, 4) is 0 Å². The Labute approximate surface area is 550 Å². The van der Waals surface area contributed by atoms with Gasteiger partial charge in [-0.3, -0.25) is 9.59 Å². The van der Waals surface area contributed by atoms with Gasteiger partial charge in [-0.25, -0.2) is 0 Å². The highest BCUT2D eigenvalue weighted by Crippen LogP contribution is 2.20. The lowest BCUT2D eigenvalue weighted by Gasteiger charge is -2.20. The minimum Gasteiger partial charge on any atom is -0.466 e. The number of allylic oxidation sites excluding steroid dienone is 7. The lowest BCUT2D eigenvalue weighted by atomic mass is 10.0. The average molecular weight is 1240 g/mol. The van der Waals surface area contributed by atoms with Crippen LogP contribution in [0.4, 0.5) is 0 Å². The van der Waals surface area contributed by atoms with Gasteiger partial charge in [-0.15, -0.1) is 0 Å². The van der Waals surface area contributed by atoms with Gasteiger partial charge < -0.3 is 20.3 Å². The Morgan fingerprint density at radius 2 is 0.591 bits per heavy atom. The van der Waals surface area contributed by atoms with E-state index in [4.69, 9.17) is 4.74 Å². The first-order valence-corrected chi connectivity index (χ1v) is 39.9. The molecule has 2 atom stereocenters. The first-order chi connectivity index (χ1) is 43.5. The third-order valence-corrected chi connectivity index (χ3v) is 18.5. The van der Waals surface area contributed by atoms with Gasteiger partial charge in [-0.2, -0.15) is 0 Å². The van der Waals surface area contributed by atoms with Crippen molar-refractivity contribution >= 4 is 11.9 Å². The van der Waals surface area contributed by atoms with Crippen molar-refractivity contribution in [1.82, 2.24) is 5.32 Å². The minimum absolute atomic E-state index is 0.00340. The Kier molecular flexibility index (Phi) is 75.4. The Balaban J connectivity index is 3.38. The third-order valence-electron chi connectivity index (χ3n) is 18.5. The molecule has 0 aliphatic rings. The summed E-state index contributed by atoms with van der Waals surface area (Å²) in [6.45, 7) is 4.88. The number of amides is 1. The van der Waals surface area contributed by atoms with Gasteiger partial charge in [0.15, 0.2) is 0 Å². The molecule has 0 rings (SSSR count). The Morgan fingerprint density at radius 3 is 0.920 bits per heavy atom. The molecule has 6 heteroatoms. The minimum atomic E-state index is -0.845. The van der Waals surface area contributed by atoms with Crippen molar-refractivity contribution in [2.45, 2.75) is 450 Å². The van der Waals surface area contributed by atoms with Crippen LogP contribution in [0, 0.1) is 0 Å². The number of hydrogen-bond donors (Lipinski definition) is 3. The summed E-state index contributed by atoms with van der Waals surface area (Å²) in [5, 5.41) is 23.3. The third kappa shape index (κ3) is 72.9. The highest BCUT2D eigenvalue weighted by Gasteiger charge is 2.18. The Hall–Kier alpha value is -2.18. The summed E-state index contributed by atoms with van der Waals surface area (Å²) in [4.78, 5) is 24.6. The highest BCUT2D eigenvalue weighted by molar-refractivity contribution is 5.76. The van der Waals surface area contributed by atoms with Crippen LogP contribution < -0.4 is 5.32 Å². The SMILES string of the molecule is CCC/C=C\C/C=C\CCCCCCCC(=O)OCCCCCCCCCCCCCC/C=C\CCCCCCCCCCCCCCCCCCCC(=O)NC(CO)C(O)/C=C/CCCCCCCCCCCCCCCCCCCCCCCCC. The summed E-state index contributed by atoms with van der Waals surface area (Å²) in [5.74, 6) is -0.0567. The largest absolute Gasteiger partial charge is 0.466 e. The number of ether oxygens (including phenoxy) is 1. The van der Waals surface area contributed by atoms with Gasteiger partial charge in [0.05, 0.1) is 25.4 Å². The summed E-state index contributed by atoms with van der Waals surface area (Å²) < 4.78 is 5.48. The van der Waals surface area contributed by atoms with Crippen molar-refractivity contribution in [1.29, 1.82) is 0 Å². The first kappa shape index (κ1) is 85.8. The van der Waals surface area contributed by atoms with Crippen LogP contribution in [0.25, 0.3) is 0 Å². The molecular weight excluding hydrogens is 1080 g/mol. The van der Waals surface area contributed by atoms with Crippen molar-refractivity contribution in [3.63, 3.8) is 0 Å². The predicted octanol–water partition coefficient (Wildman–Crippen LogP) is 26.4. The molecule has 0 aliphatic heterocycles. The Morgan fingerprint density at radius 1 is 0.318 bits per heavy atom. The van der Waals surface area contributed by atoms with Crippen LogP contribution in [-0.4, -0.2) is 47.4 Å². The van der Waals surface area contributed by atoms with E-state index in [9.17, 15) is 19.8 Å². The van der Waals surface area contributed by atoms with E-state index in [1.165, 1.54) is 360 Å². The molecule has 1 amide bonds. The maximum Gasteiger partial charge on any atom is 0.305 e. The van der Waals surface area contributed by atoms with Crippen LogP contribution >= 0.6 is 0 Å². The van der Waals surface area contributed by atoms with E-state index in [-0.39, 0.29) is 18.5 Å². The lowest BCUT2D eigenvalue weighted by molar-refractivity contribution is -0.143. The molecule has 0 spiro atoms.